The Morgan fingerprint density at radius 2 is 1.89 bits per heavy atom. The molecule has 1 saturated heterocycles. The lowest BCUT2D eigenvalue weighted by Crippen LogP contribution is -2.62. The summed E-state index contributed by atoms with van der Waals surface area (Å²) >= 11 is 1.59. The summed E-state index contributed by atoms with van der Waals surface area (Å²) in [6.07, 6.45) is 0.0107. The lowest BCUT2D eigenvalue weighted by atomic mass is 10.0. The molecule has 0 aromatic heterocycles. The fourth-order valence-corrected chi connectivity index (χ4v) is 5.16. The molecule has 1 aromatic carbocycles. The van der Waals surface area contributed by atoms with Gasteiger partial charge < -0.3 is 28.6 Å². The molecule has 3 atom stereocenters. The van der Waals surface area contributed by atoms with E-state index in [2.05, 4.69) is 5.32 Å². The standard InChI is InChI=1S/C27H42N2O8S/c1-9-35-24(31)21(12-10-19-16-20(33-7)11-13-22(19)34-8)28-18(2)23(30)29-14-15-38-17-27(29,6)37-25(32)36-26(3,4)5/h11,13,16,18,21,28H,9-10,12,14-15,17H2,1-8H3/t18-,21?,27?/m0/s1. The van der Waals surface area contributed by atoms with E-state index >= 15 is 0 Å². The Balaban J connectivity index is 2.17. The smallest absolute Gasteiger partial charge is 0.497 e. The fourth-order valence-electron chi connectivity index (χ4n) is 4.11. The van der Waals surface area contributed by atoms with Crippen LogP contribution in [0.5, 0.6) is 11.5 Å². The van der Waals surface area contributed by atoms with Gasteiger partial charge in [-0.15, -0.1) is 0 Å². The highest BCUT2D eigenvalue weighted by Gasteiger charge is 2.44. The molecule has 38 heavy (non-hydrogen) atoms. The van der Waals surface area contributed by atoms with Crippen molar-refractivity contribution in [2.45, 2.75) is 77.8 Å². The molecule has 1 aliphatic heterocycles. The van der Waals surface area contributed by atoms with Gasteiger partial charge in [0.15, 0.2) is 5.72 Å². The second-order valence-electron chi connectivity index (χ2n) is 10.2. The van der Waals surface area contributed by atoms with E-state index in [1.54, 1.807) is 78.5 Å². The summed E-state index contributed by atoms with van der Waals surface area (Å²) in [5.41, 5.74) is -1.04. The fraction of sp³-hybridized carbons (Fsp3) is 0.667. The van der Waals surface area contributed by atoms with Gasteiger partial charge in [0.2, 0.25) is 5.91 Å². The zero-order valence-corrected chi connectivity index (χ0v) is 24.6. The van der Waals surface area contributed by atoms with E-state index in [1.807, 2.05) is 12.1 Å². The Bertz CT molecular complexity index is 967. The average molecular weight is 555 g/mol. The number of hydrogen-bond acceptors (Lipinski definition) is 10. The summed E-state index contributed by atoms with van der Waals surface area (Å²) in [6, 6.07) is 3.98. The Hall–Kier alpha value is -2.66. The normalized spacial score (nSPS) is 19.2. The number of thioether (sulfide) groups is 1. The minimum absolute atomic E-state index is 0.215. The quantitative estimate of drug-likeness (QED) is 0.406. The SMILES string of the molecule is CCOC(=O)C(CCc1cc(OC)ccc1OC)N[C@@H](C)C(=O)N1CCSCC1(C)OC(=O)OC(C)(C)C. The Morgan fingerprint density at radius 3 is 2.50 bits per heavy atom. The summed E-state index contributed by atoms with van der Waals surface area (Å²) < 4.78 is 27.1. The minimum Gasteiger partial charge on any atom is -0.497 e. The van der Waals surface area contributed by atoms with Crippen LogP contribution < -0.4 is 14.8 Å². The summed E-state index contributed by atoms with van der Waals surface area (Å²) in [5.74, 6) is 1.72. The summed E-state index contributed by atoms with van der Waals surface area (Å²) in [6.45, 7) is 11.0. The van der Waals surface area contributed by atoms with Crippen molar-refractivity contribution < 1.29 is 38.1 Å². The highest BCUT2D eigenvalue weighted by Crippen LogP contribution is 2.30. The number of nitrogens with one attached hydrogen (secondary N) is 1. The van der Waals surface area contributed by atoms with Gasteiger partial charge in [-0.2, -0.15) is 11.8 Å². The number of aryl methyl sites for hydroxylation is 1. The molecule has 0 saturated carbocycles. The third kappa shape index (κ3) is 8.97. The summed E-state index contributed by atoms with van der Waals surface area (Å²) in [4.78, 5) is 40.4. The second-order valence-corrected chi connectivity index (χ2v) is 11.3. The Morgan fingerprint density at radius 1 is 1.18 bits per heavy atom. The number of carbonyl (C=O) groups is 3. The van der Waals surface area contributed by atoms with Gasteiger partial charge in [-0.25, -0.2) is 4.79 Å². The molecular formula is C27H42N2O8S. The van der Waals surface area contributed by atoms with Crippen LogP contribution in [0.3, 0.4) is 0 Å². The van der Waals surface area contributed by atoms with Crippen LogP contribution in [0.15, 0.2) is 18.2 Å². The first kappa shape index (κ1) is 31.6. The van der Waals surface area contributed by atoms with E-state index < -0.39 is 35.5 Å². The molecule has 1 aliphatic rings. The van der Waals surface area contributed by atoms with E-state index in [0.717, 1.165) is 5.56 Å². The van der Waals surface area contributed by atoms with Gasteiger partial charge in [0.1, 0.15) is 23.1 Å². The molecular weight excluding hydrogens is 512 g/mol. The third-order valence-electron chi connectivity index (χ3n) is 5.94. The number of methoxy groups -OCH3 is 2. The van der Waals surface area contributed by atoms with E-state index in [0.29, 0.717) is 42.4 Å². The monoisotopic (exact) mass is 554 g/mol. The minimum atomic E-state index is -1.19. The van der Waals surface area contributed by atoms with Gasteiger partial charge in [0.05, 0.1) is 32.6 Å². The van der Waals surface area contributed by atoms with E-state index in [1.165, 1.54) is 0 Å². The van der Waals surface area contributed by atoms with Crippen LogP contribution in [-0.4, -0.2) is 85.2 Å². The van der Waals surface area contributed by atoms with Crippen molar-refractivity contribution in [2.75, 3.05) is 38.9 Å². The lowest BCUT2D eigenvalue weighted by Gasteiger charge is -2.44. The van der Waals surface area contributed by atoms with Crippen LogP contribution in [0.4, 0.5) is 4.79 Å². The number of esters is 1. The van der Waals surface area contributed by atoms with Crippen molar-refractivity contribution in [1.29, 1.82) is 0 Å². The van der Waals surface area contributed by atoms with Gasteiger partial charge in [-0.05, 0) is 78.1 Å². The number of carbonyl (C=O) groups excluding carboxylic acids is 3. The number of hydrogen-bond donors (Lipinski definition) is 1. The second kappa shape index (κ2) is 13.9. The van der Waals surface area contributed by atoms with Crippen molar-refractivity contribution in [3.8, 4) is 11.5 Å². The maximum Gasteiger partial charge on any atom is 0.510 e. The first-order chi connectivity index (χ1) is 17.8. The zero-order chi connectivity index (χ0) is 28.5. The Kier molecular flexibility index (Phi) is 11.6. The predicted molar refractivity (Wildman–Crippen MR) is 146 cm³/mol. The molecule has 0 bridgehead atoms. The molecule has 1 fully saturated rings. The maximum atomic E-state index is 13.6. The van der Waals surface area contributed by atoms with Crippen LogP contribution in [0.1, 0.15) is 53.5 Å². The lowest BCUT2D eigenvalue weighted by molar-refractivity contribution is -0.161. The van der Waals surface area contributed by atoms with E-state index in [4.69, 9.17) is 23.7 Å². The molecule has 0 spiro atoms. The molecule has 10 nitrogen and oxygen atoms in total. The molecule has 0 radical (unpaired) electrons. The van der Waals surface area contributed by atoms with Crippen molar-refractivity contribution in [3.05, 3.63) is 23.8 Å². The highest BCUT2D eigenvalue weighted by molar-refractivity contribution is 7.99. The zero-order valence-electron chi connectivity index (χ0n) is 23.8. The molecule has 1 amide bonds. The van der Waals surface area contributed by atoms with Gasteiger partial charge >= 0.3 is 12.1 Å². The van der Waals surface area contributed by atoms with Gasteiger partial charge in [-0.1, -0.05) is 0 Å². The predicted octanol–water partition coefficient (Wildman–Crippen LogP) is 3.79. The molecule has 1 heterocycles. The number of amides is 1. The van der Waals surface area contributed by atoms with Crippen LogP contribution in [0, 0.1) is 0 Å². The van der Waals surface area contributed by atoms with Crippen molar-refractivity contribution in [2.24, 2.45) is 0 Å². The number of nitrogens with zero attached hydrogens (tertiary/aromatic N) is 1. The largest absolute Gasteiger partial charge is 0.510 e. The molecule has 1 aromatic rings. The van der Waals surface area contributed by atoms with Gasteiger partial charge in [0.25, 0.3) is 0 Å². The summed E-state index contributed by atoms with van der Waals surface area (Å²) in [7, 11) is 3.17. The van der Waals surface area contributed by atoms with Crippen molar-refractivity contribution >= 4 is 29.8 Å². The summed E-state index contributed by atoms with van der Waals surface area (Å²) in [5, 5.41) is 3.15. The van der Waals surface area contributed by atoms with Gasteiger partial charge in [0, 0.05) is 12.3 Å². The average Bonchev–Trinajstić information content (AvgIpc) is 2.84. The number of rotatable bonds is 11. The molecule has 214 valence electrons. The molecule has 2 unspecified atom stereocenters. The number of ether oxygens (including phenoxy) is 5. The van der Waals surface area contributed by atoms with Crippen LogP contribution in [-0.2, 0) is 30.2 Å². The van der Waals surface area contributed by atoms with Crippen LogP contribution >= 0.6 is 11.8 Å². The highest BCUT2D eigenvalue weighted by atomic mass is 32.2. The van der Waals surface area contributed by atoms with Crippen molar-refractivity contribution in [3.63, 3.8) is 0 Å². The topological polar surface area (TPSA) is 113 Å². The maximum absolute atomic E-state index is 13.6. The van der Waals surface area contributed by atoms with E-state index in [-0.39, 0.29) is 12.5 Å². The molecule has 2 rings (SSSR count). The van der Waals surface area contributed by atoms with E-state index in [9.17, 15) is 14.4 Å². The van der Waals surface area contributed by atoms with Crippen LogP contribution in [0.2, 0.25) is 0 Å². The molecule has 11 heteroatoms. The molecule has 1 N–H and O–H groups in total. The first-order valence-corrected chi connectivity index (χ1v) is 13.9. The third-order valence-corrected chi connectivity index (χ3v) is 7.15. The van der Waals surface area contributed by atoms with Crippen molar-refractivity contribution in [1.82, 2.24) is 10.2 Å². The number of benzene rings is 1. The van der Waals surface area contributed by atoms with Gasteiger partial charge in [-0.3, -0.25) is 14.9 Å². The first-order valence-electron chi connectivity index (χ1n) is 12.8. The Labute approximate surface area is 230 Å². The van der Waals surface area contributed by atoms with Crippen LogP contribution in [0.25, 0.3) is 0 Å². The molecule has 0 aliphatic carbocycles.